The van der Waals surface area contributed by atoms with Crippen LogP contribution in [0.2, 0.25) is 0 Å². The van der Waals surface area contributed by atoms with Crippen LogP contribution in [0.1, 0.15) is 45.4 Å². The maximum absolute atomic E-state index is 6.21. The summed E-state index contributed by atoms with van der Waals surface area (Å²) in [6.07, 6.45) is 8.24. The maximum atomic E-state index is 6.21. The Bertz CT molecular complexity index is 439. The van der Waals surface area contributed by atoms with Gasteiger partial charge in [-0.1, -0.05) is 19.8 Å². The number of hydrogen-bond acceptors (Lipinski definition) is 4. The van der Waals surface area contributed by atoms with E-state index in [0.29, 0.717) is 12.0 Å². The van der Waals surface area contributed by atoms with Gasteiger partial charge in [0, 0.05) is 52.9 Å². The maximum Gasteiger partial charge on any atom is 0.193 e. The summed E-state index contributed by atoms with van der Waals surface area (Å²) in [5, 5.41) is 3.60. The number of piperidine rings is 1. The lowest BCUT2D eigenvalue weighted by atomic mass is 10.1. The van der Waals surface area contributed by atoms with Crippen LogP contribution in [0.4, 0.5) is 0 Å². The zero-order valence-electron chi connectivity index (χ0n) is 17.5. The van der Waals surface area contributed by atoms with Crippen molar-refractivity contribution in [1.29, 1.82) is 0 Å². The Morgan fingerprint density at radius 3 is 2.48 bits per heavy atom. The number of aliphatic imine (C=N–C) groups is 1. The molecule has 0 amide bonds. The first-order valence-corrected chi connectivity index (χ1v) is 11.1. The van der Waals surface area contributed by atoms with Crippen LogP contribution in [0, 0.1) is 11.8 Å². The molecule has 0 radical (unpaired) electrons. The molecule has 2 saturated heterocycles. The van der Waals surface area contributed by atoms with Gasteiger partial charge in [-0.3, -0.25) is 9.89 Å². The first-order valence-electron chi connectivity index (χ1n) is 11.1. The molecule has 6 nitrogen and oxygen atoms in total. The van der Waals surface area contributed by atoms with E-state index in [4.69, 9.17) is 9.47 Å². The van der Waals surface area contributed by atoms with Gasteiger partial charge >= 0.3 is 0 Å². The highest BCUT2D eigenvalue weighted by Gasteiger charge is 2.24. The molecule has 3 fully saturated rings. The van der Waals surface area contributed by atoms with E-state index < -0.39 is 0 Å². The standard InChI is InChI=1S/C21H40N4O2/c1-18(16-24-11-13-26-14-12-24)15-23-21(22-2)25-9-7-20(8-10-25)27-17-19-5-3-4-6-19/h18-20H,3-17H2,1-2H3,(H,22,23). The summed E-state index contributed by atoms with van der Waals surface area (Å²) >= 11 is 0. The van der Waals surface area contributed by atoms with Crippen LogP contribution < -0.4 is 5.32 Å². The van der Waals surface area contributed by atoms with Gasteiger partial charge in [0.25, 0.3) is 0 Å². The van der Waals surface area contributed by atoms with Gasteiger partial charge in [0.05, 0.1) is 19.3 Å². The van der Waals surface area contributed by atoms with Crippen LogP contribution in [-0.4, -0.2) is 88.0 Å². The molecule has 0 bridgehead atoms. The van der Waals surface area contributed by atoms with Crippen LogP contribution in [0.5, 0.6) is 0 Å². The van der Waals surface area contributed by atoms with Crippen molar-refractivity contribution in [2.45, 2.75) is 51.6 Å². The van der Waals surface area contributed by atoms with Crippen molar-refractivity contribution in [1.82, 2.24) is 15.1 Å². The quantitative estimate of drug-likeness (QED) is 0.542. The van der Waals surface area contributed by atoms with E-state index in [1.54, 1.807) is 0 Å². The van der Waals surface area contributed by atoms with Gasteiger partial charge in [-0.25, -0.2) is 0 Å². The topological polar surface area (TPSA) is 49.3 Å². The predicted molar refractivity (Wildman–Crippen MR) is 110 cm³/mol. The Morgan fingerprint density at radius 2 is 1.81 bits per heavy atom. The van der Waals surface area contributed by atoms with Crippen molar-refractivity contribution >= 4 is 5.96 Å². The third kappa shape index (κ3) is 6.91. The van der Waals surface area contributed by atoms with Crippen LogP contribution in [0.3, 0.4) is 0 Å². The highest BCUT2D eigenvalue weighted by molar-refractivity contribution is 5.79. The zero-order valence-corrected chi connectivity index (χ0v) is 17.5. The molecule has 0 aromatic carbocycles. The SMILES string of the molecule is CN=C(NCC(C)CN1CCOCC1)N1CCC(OCC2CCCC2)CC1. The monoisotopic (exact) mass is 380 g/mol. The van der Waals surface area contributed by atoms with E-state index in [1.807, 2.05) is 7.05 Å². The number of hydrogen-bond donors (Lipinski definition) is 1. The minimum atomic E-state index is 0.445. The van der Waals surface area contributed by atoms with Gasteiger partial charge in [-0.2, -0.15) is 0 Å². The Labute approximate surface area is 165 Å². The highest BCUT2D eigenvalue weighted by atomic mass is 16.5. The highest BCUT2D eigenvalue weighted by Crippen LogP contribution is 2.26. The van der Waals surface area contributed by atoms with Gasteiger partial charge in [-0.05, 0) is 37.5 Å². The molecule has 1 N–H and O–H groups in total. The fourth-order valence-corrected chi connectivity index (χ4v) is 4.57. The first-order chi connectivity index (χ1) is 13.2. The third-order valence-corrected chi connectivity index (χ3v) is 6.28. The number of nitrogens with one attached hydrogen (secondary N) is 1. The number of nitrogens with zero attached hydrogens (tertiary/aromatic N) is 3. The molecule has 1 saturated carbocycles. The van der Waals surface area contributed by atoms with E-state index in [-0.39, 0.29) is 0 Å². The largest absolute Gasteiger partial charge is 0.379 e. The molecule has 27 heavy (non-hydrogen) atoms. The predicted octanol–water partition coefficient (Wildman–Crippen LogP) is 2.20. The average Bonchev–Trinajstić information content (AvgIpc) is 3.22. The van der Waals surface area contributed by atoms with Crippen LogP contribution >= 0.6 is 0 Å². The number of likely N-dealkylation sites (tertiary alicyclic amines) is 1. The second-order valence-corrected chi connectivity index (χ2v) is 8.62. The Kier molecular flexibility index (Phi) is 8.68. The van der Waals surface area contributed by atoms with E-state index in [1.165, 1.54) is 25.7 Å². The lowest BCUT2D eigenvalue weighted by Gasteiger charge is -2.35. The summed E-state index contributed by atoms with van der Waals surface area (Å²) in [6.45, 7) is 11.4. The summed E-state index contributed by atoms with van der Waals surface area (Å²) in [5.74, 6) is 2.48. The molecule has 1 unspecified atom stereocenters. The Hall–Kier alpha value is -0.850. The normalized spacial score (nSPS) is 25.1. The van der Waals surface area contributed by atoms with E-state index in [0.717, 1.165) is 83.8 Å². The summed E-state index contributed by atoms with van der Waals surface area (Å²) in [6, 6.07) is 0. The average molecular weight is 381 g/mol. The number of morpholine rings is 1. The molecular formula is C21H40N4O2. The molecular weight excluding hydrogens is 340 g/mol. The number of ether oxygens (including phenoxy) is 2. The smallest absolute Gasteiger partial charge is 0.193 e. The molecule has 2 heterocycles. The molecule has 3 aliphatic rings. The summed E-state index contributed by atoms with van der Waals surface area (Å²) in [7, 11) is 1.90. The molecule has 3 rings (SSSR count). The minimum absolute atomic E-state index is 0.445. The van der Waals surface area contributed by atoms with Crippen molar-refractivity contribution in [2.75, 3.05) is 66.1 Å². The second-order valence-electron chi connectivity index (χ2n) is 8.62. The van der Waals surface area contributed by atoms with E-state index in [9.17, 15) is 0 Å². The van der Waals surface area contributed by atoms with Gasteiger partial charge in [-0.15, -0.1) is 0 Å². The van der Waals surface area contributed by atoms with Crippen molar-refractivity contribution in [3.05, 3.63) is 0 Å². The number of rotatable bonds is 7. The summed E-state index contributed by atoms with van der Waals surface area (Å²) in [5.41, 5.74) is 0. The van der Waals surface area contributed by atoms with E-state index in [2.05, 4.69) is 27.0 Å². The molecule has 0 aromatic rings. The molecule has 156 valence electrons. The van der Waals surface area contributed by atoms with Crippen molar-refractivity contribution < 1.29 is 9.47 Å². The molecule has 2 aliphatic heterocycles. The van der Waals surface area contributed by atoms with Gasteiger partial charge in [0.15, 0.2) is 5.96 Å². The van der Waals surface area contributed by atoms with Crippen LogP contribution in [-0.2, 0) is 9.47 Å². The zero-order chi connectivity index (χ0) is 18.9. The van der Waals surface area contributed by atoms with Crippen molar-refractivity contribution in [3.63, 3.8) is 0 Å². The first kappa shape index (κ1) is 20.9. The molecule has 0 aromatic heterocycles. The van der Waals surface area contributed by atoms with Crippen molar-refractivity contribution in [2.24, 2.45) is 16.8 Å². The van der Waals surface area contributed by atoms with Gasteiger partial charge < -0.3 is 19.7 Å². The fraction of sp³-hybridized carbons (Fsp3) is 0.952. The second kappa shape index (κ2) is 11.2. The summed E-state index contributed by atoms with van der Waals surface area (Å²) in [4.78, 5) is 9.43. The number of guanidine groups is 1. The molecule has 1 aliphatic carbocycles. The molecule has 6 heteroatoms. The fourth-order valence-electron chi connectivity index (χ4n) is 4.57. The lowest BCUT2D eigenvalue weighted by Crippen LogP contribution is -2.49. The lowest BCUT2D eigenvalue weighted by molar-refractivity contribution is 0.000956. The molecule has 1 atom stereocenters. The summed E-state index contributed by atoms with van der Waals surface area (Å²) < 4.78 is 11.6. The third-order valence-electron chi connectivity index (χ3n) is 6.28. The Morgan fingerprint density at radius 1 is 1.11 bits per heavy atom. The Balaban J connectivity index is 1.32. The van der Waals surface area contributed by atoms with Gasteiger partial charge in [0.1, 0.15) is 0 Å². The van der Waals surface area contributed by atoms with Crippen LogP contribution in [0.25, 0.3) is 0 Å². The molecule has 0 spiro atoms. The van der Waals surface area contributed by atoms with E-state index >= 15 is 0 Å². The minimum Gasteiger partial charge on any atom is -0.379 e. The van der Waals surface area contributed by atoms with Crippen LogP contribution in [0.15, 0.2) is 4.99 Å². The van der Waals surface area contributed by atoms with Crippen molar-refractivity contribution in [3.8, 4) is 0 Å². The van der Waals surface area contributed by atoms with Gasteiger partial charge in [0.2, 0.25) is 0 Å².